The number of nitrogen functional groups attached to an aromatic ring is 1. The number of benzene rings is 1. The number of para-hydroxylation sites is 1. The van der Waals surface area contributed by atoms with Gasteiger partial charge >= 0.3 is 0 Å². The maximum absolute atomic E-state index is 13.7. The molecule has 0 spiro atoms. The molecule has 124 valence electrons. The Kier molecular flexibility index (Phi) is 3.96. The second-order valence-electron chi connectivity index (χ2n) is 5.52. The third-order valence-electron chi connectivity index (χ3n) is 4.08. The minimum Gasteiger partial charge on any atom is -0.397 e. The smallest absolute Gasteiger partial charge is 0.268 e. The molecule has 24 heavy (non-hydrogen) atoms. The van der Waals surface area contributed by atoms with Crippen LogP contribution in [0.3, 0.4) is 0 Å². The highest BCUT2D eigenvalue weighted by atomic mass is 32.1. The number of carbonyl (C=O) groups excluding carboxylic acids is 1. The zero-order chi connectivity index (χ0) is 17.6. The Hall–Kier alpha value is -2.54. The summed E-state index contributed by atoms with van der Waals surface area (Å²) < 4.78 is 27.4. The number of halogens is 2. The lowest BCUT2D eigenvalue weighted by atomic mass is 10.1. The van der Waals surface area contributed by atoms with Crippen molar-refractivity contribution in [2.75, 3.05) is 11.1 Å². The number of thiophene rings is 1. The normalized spacial score (nSPS) is 11.0. The molecule has 0 radical (unpaired) electrons. The first-order chi connectivity index (χ1) is 11.3. The average molecular weight is 347 g/mol. The van der Waals surface area contributed by atoms with Crippen LogP contribution >= 0.6 is 11.3 Å². The molecule has 2 heterocycles. The summed E-state index contributed by atoms with van der Waals surface area (Å²) in [6.45, 7) is 5.72. The second kappa shape index (κ2) is 5.83. The number of aryl methyl sites for hydroxylation is 2. The Morgan fingerprint density at radius 1 is 1.17 bits per heavy atom. The van der Waals surface area contributed by atoms with E-state index in [-0.39, 0.29) is 10.6 Å². The van der Waals surface area contributed by atoms with Crippen molar-refractivity contribution >= 4 is 38.8 Å². The molecule has 1 aromatic carbocycles. The van der Waals surface area contributed by atoms with Gasteiger partial charge < -0.3 is 11.1 Å². The molecule has 3 aromatic rings. The van der Waals surface area contributed by atoms with E-state index in [2.05, 4.69) is 10.3 Å². The minimum atomic E-state index is -0.843. The van der Waals surface area contributed by atoms with Crippen LogP contribution in [-0.2, 0) is 0 Å². The van der Waals surface area contributed by atoms with E-state index in [0.717, 1.165) is 40.3 Å². The van der Waals surface area contributed by atoms with E-state index in [9.17, 15) is 13.6 Å². The van der Waals surface area contributed by atoms with Gasteiger partial charge in [-0.2, -0.15) is 0 Å². The number of nitrogens with zero attached hydrogens (tertiary/aromatic N) is 1. The van der Waals surface area contributed by atoms with Gasteiger partial charge in [0, 0.05) is 11.1 Å². The molecule has 0 aliphatic carbocycles. The lowest BCUT2D eigenvalue weighted by molar-refractivity contribution is 0.103. The fourth-order valence-electron chi connectivity index (χ4n) is 2.52. The molecule has 0 aliphatic heterocycles. The van der Waals surface area contributed by atoms with Crippen LogP contribution in [0.25, 0.3) is 10.2 Å². The zero-order valence-electron chi connectivity index (χ0n) is 13.3. The second-order valence-corrected chi connectivity index (χ2v) is 6.52. The lowest BCUT2D eigenvalue weighted by Crippen LogP contribution is -2.14. The Bertz CT molecular complexity index is 962. The van der Waals surface area contributed by atoms with Crippen LogP contribution in [0, 0.1) is 32.4 Å². The predicted molar refractivity (Wildman–Crippen MR) is 92.6 cm³/mol. The van der Waals surface area contributed by atoms with Crippen molar-refractivity contribution in [3.05, 3.63) is 51.5 Å². The van der Waals surface area contributed by atoms with Gasteiger partial charge in [0.2, 0.25) is 0 Å². The number of hydrogen-bond acceptors (Lipinski definition) is 4. The van der Waals surface area contributed by atoms with E-state index in [1.54, 1.807) is 0 Å². The standard InChI is InChI=1S/C17H15F2N3OS/c1-7-8(2)12-13(20)15(24-17(12)21-9(7)3)16(23)22-14-10(18)5-4-6-11(14)19/h4-6H,20H2,1-3H3,(H,22,23). The number of carbonyl (C=O) groups is 1. The number of pyridine rings is 1. The van der Waals surface area contributed by atoms with Gasteiger partial charge in [-0.15, -0.1) is 11.3 Å². The first-order valence-corrected chi connectivity index (χ1v) is 8.04. The van der Waals surface area contributed by atoms with Crippen LogP contribution in [0.2, 0.25) is 0 Å². The van der Waals surface area contributed by atoms with Crippen LogP contribution in [0.4, 0.5) is 20.2 Å². The predicted octanol–water partition coefficient (Wildman–Crippen LogP) is 4.33. The Balaban J connectivity index is 2.08. The van der Waals surface area contributed by atoms with Gasteiger partial charge in [0.15, 0.2) is 0 Å². The van der Waals surface area contributed by atoms with Crippen LogP contribution in [0.1, 0.15) is 26.5 Å². The Morgan fingerprint density at radius 2 is 1.79 bits per heavy atom. The zero-order valence-corrected chi connectivity index (χ0v) is 14.1. The van der Waals surface area contributed by atoms with Crippen LogP contribution < -0.4 is 11.1 Å². The molecule has 0 aliphatic rings. The van der Waals surface area contributed by atoms with E-state index in [1.165, 1.54) is 6.07 Å². The maximum Gasteiger partial charge on any atom is 0.268 e. The summed E-state index contributed by atoms with van der Waals surface area (Å²) in [5, 5.41) is 2.97. The van der Waals surface area contributed by atoms with Crippen molar-refractivity contribution in [2.45, 2.75) is 20.8 Å². The van der Waals surface area contributed by atoms with E-state index >= 15 is 0 Å². The number of amides is 1. The third-order valence-corrected chi connectivity index (χ3v) is 5.18. The highest BCUT2D eigenvalue weighted by molar-refractivity contribution is 7.21. The SMILES string of the molecule is Cc1nc2sc(C(=O)Nc3c(F)cccc3F)c(N)c2c(C)c1C. The van der Waals surface area contributed by atoms with E-state index in [0.29, 0.717) is 10.2 Å². The van der Waals surface area contributed by atoms with Crippen molar-refractivity contribution in [1.29, 1.82) is 0 Å². The van der Waals surface area contributed by atoms with Gasteiger partial charge in [-0.3, -0.25) is 4.79 Å². The third kappa shape index (κ3) is 2.50. The summed E-state index contributed by atoms with van der Waals surface area (Å²) in [6.07, 6.45) is 0. The summed E-state index contributed by atoms with van der Waals surface area (Å²) in [4.78, 5) is 17.7. The van der Waals surface area contributed by atoms with E-state index in [1.807, 2.05) is 20.8 Å². The van der Waals surface area contributed by atoms with Gasteiger partial charge in [-0.05, 0) is 44.0 Å². The number of rotatable bonds is 2. The van der Waals surface area contributed by atoms with E-state index < -0.39 is 23.2 Å². The van der Waals surface area contributed by atoms with Crippen LogP contribution in [-0.4, -0.2) is 10.9 Å². The average Bonchev–Trinajstić information content (AvgIpc) is 2.85. The molecule has 0 atom stereocenters. The minimum absolute atomic E-state index is 0.188. The highest BCUT2D eigenvalue weighted by Crippen LogP contribution is 2.37. The quantitative estimate of drug-likeness (QED) is 0.725. The number of aromatic nitrogens is 1. The molecule has 0 fully saturated rings. The van der Waals surface area contributed by atoms with Gasteiger partial charge in [0.05, 0.1) is 5.69 Å². The van der Waals surface area contributed by atoms with Crippen molar-refractivity contribution in [2.24, 2.45) is 0 Å². The molecule has 0 saturated heterocycles. The molecule has 1 amide bonds. The number of nitrogens with one attached hydrogen (secondary N) is 1. The van der Waals surface area contributed by atoms with Crippen molar-refractivity contribution in [3.63, 3.8) is 0 Å². The largest absolute Gasteiger partial charge is 0.397 e. The highest BCUT2D eigenvalue weighted by Gasteiger charge is 2.22. The number of hydrogen-bond donors (Lipinski definition) is 2. The molecule has 4 nitrogen and oxygen atoms in total. The lowest BCUT2D eigenvalue weighted by Gasteiger charge is -2.07. The van der Waals surface area contributed by atoms with Crippen molar-refractivity contribution in [3.8, 4) is 0 Å². The summed E-state index contributed by atoms with van der Waals surface area (Å²) in [5.74, 6) is -2.35. The summed E-state index contributed by atoms with van der Waals surface area (Å²) >= 11 is 1.11. The topological polar surface area (TPSA) is 68.0 Å². The van der Waals surface area contributed by atoms with Gasteiger partial charge in [-0.1, -0.05) is 6.07 Å². The van der Waals surface area contributed by atoms with E-state index in [4.69, 9.17) is 5.73 Å². The Labute approximate surface area is 141 Å². The molecule has 2 aromatic heterocycles. The fraction of sp³-hybridized carbons (Fsp3) is 0.176. The first kappa shape index (κ1) is 16.3. The molecule has 0 saturated carbocycles. The summed E-state index contributed by atoms with van der Waals surface area (Å²) in [5.41, 5.74) is 8.70. The first-order valence-electron chi connectivity index (χ1n) is 7.22. The summed E-state index contributed by atoms with van der Waals surface area (Å²) in [6, 6.07) is 3.38. The van der Waals surface area contributed by atoms with Gasteiger partial charge in [0.1, 0.15) is 27.0 Å². The summed E-state index contributed by atoms with van der Waals surface area (Å²) in [7, 11) is 0. The fourth-order valence-corrected chi connectivity index (χ4v) is 3.62. The molecular formula is C17H15F2N3OS. The molecule has 0 unspecified atom stereocenters. The molecular weight excluding hydrogens is 332 g/mol. The molecule has 0 bridgehead atoms. The van der Waals surface area contributed by atoms with Gasteiger partial charge in [-0.25, -0.2) is 13.8 Å². The monoisotopic (exact) mass is 347 g/mol. The van der Waals surface area contributed by atoms with Gasteiger partial charge in [0.25, 0.3) is 5.91 Å². The van der Waals surface area contributed by atoms with Crippen molar-refractivity contribution < 1.29 is 13.6 Å². The molecule has 3 N–H and O–H groups in total. The Morgan fingerprint density at radius 3 is 2.42 bits per heavy atom. The number of nitrogens with two attached hydrogens (primary N) is 1. The maximum atomic E-state index is 13.7. The molecule has 3 rings (SSSR count). The number of anilines is 2. The number of fused-ring (bicyclic) bond motifs is 1. The van der Waals surface area contributed by atoms with Crippen LogP contribution in [0.15, 0.2) is 18.2 Å². The molecule has 7 heteroatoms. The van der Waals surface area contributed by atoms with Crippen LogP contribution in [0.5, 0.6) is 0 Å². The van der Waals surface area contributed by atoms with Crippen molar-refractivity contribution in [1.82, 2.24) is 4.98 Å².